The van der Waals surface area contributed by atoms with Crippen LogP contribution in [0.5, 0.6) is 5.88 Å². The Bertz CT molecular complexity index is 562. The highest BCUT2D eigenvalue weighted by Crippen LogP contribution is 2.61. The molecule has 4 nitrogen and oxygen atoms in total. The van der Waals surface area contributed by atoms with Gasteiger partial charge >= 0.3 is 0 Å². The number of methoxy groups -OCH3 is 1. The first-order valence-corrected chi connectivity index (χ1v) is 6.57. The SMILES string of the molecule is COc1nccc2c1CN(C(=O)C1(C)CC1(F)F)CC2. The lowest BCUT2D eigenvalue weighted by Gasteiger charge is -2.31. The Morgan fingerprint density at radius 3 is 2.80 bits per heavy atom. The van der Waals surface area contributed by atoms with Crippen LogP contribution in [0.2, 0.25) is 0 Å². The van der Waals surface area contributed by atoms with Crippen molar-refractivity contribution < 1.29 is 18.3 Å². The number of alkyl halides is 2. The van der Waals surface area contributed by atoms with Crippen LogP contribution in [0.15, 0.2) is 12.3 Å². The fourth-order valence-electron chi connectivity index (χ4n) is 2.77. The average molecular weight is 282 g/mol. The molecule has 0 aromatic carbocycles. The normalized spacial score (nSPS) is 26.9. The molecule has 2 heterocycles. The first-order valence-electron chi connectivity index (χ1n) is 6.57. The van der Waals surface area contributed by atoms with Gasteiger partial charge < -0.3 is 9.64 Å². The van der Waals surface area contributed by atoms with Crippen LogP contribution in [0.3, 0.4) is 0 Å². The Morgan fingerprint density at radius 1 is 1.50 bits per heavy atom. The molecule has 1 saturated carbocycles. The standard InChI is InChI=1S/C14H16F2N2O2/c1-13(8-14(13,15)16)12(19)18-6-4-9-3-5-17-11(20-2)10(9)7-18/h3,5H,4,6-8H2,1-2H3. The van der Waals surface area contributed by atoms with E-state index in [4.69, 9.17) is 4.74 Å². The van der Waals surface area contributed by atoms with E-state index in [1.807, 2.05) is 6.07 Å². The number of carbonyl (C=O) groups is 1. The fourth-order valence-corrected chi connectivity index (χ4v) is 2.77. The predicted molar refractivity (Wildman–Crippen MR) is 67.6 cm³/mol. The van der Waals surface area contributed by atoms with Crippen molar-refractivity contribution in [2.75, 3.05) is 13.7 Å². The van der Waals surface area contributed by atoms with Crippen LogP contribution in [-0.4, -0.2) is 35.4 Å². The zero-order valence-corrected chi connectivity index (χ0v) is 11.4. The summed E-state index contributed by atoms with van der Waals surface area (Å²) < 4.78 is 31.9. The number of halogens is 2. The number of nitrogens with zero attached hydrogens (tertiary/aromatic N) is 2. The lowest BCUT2D eigenvalue weighted by molar-refractivity contribution is -0.141. The number of hydrogen-bond acceptors (Lipinski definition) is 3. The molecule has 1 atom stereocenters. The van der Waals surface area contributed by atoms with Crippen LogP contribution in [0.25, 0.3) is 0 Å². The van der Waals surface area contributed by atoms with Crippen molar-refractivity contribution in [3.63, 3.8) is 0 Å². The fraction of sp³-hybridized carbons (Fsp3) is 0.571. The zero-order valence-electron chi connectivity index (χ0n) is 11.4. The van der Waals surface area contributed by atoms with Gasteiger partial charge in [0.05, 0.1) is 13.7 Å². The summed E-state index contributed by atoms with van der Waals surface area (Å²) in [6.07, 6.45) is 1.94. The van der Waals surface area contributed by atoms with Crippen LogP contribution < -0.4 is 4.74 Å². The summed E-state index contributed by atoms with van der Waals surface area (Å²) >= 11 is 0. The maximum Gasteiger partial charge on any atom is 0.263 e. The van der Waals surface area contributed by atoms with Crippen molar-refractivity contribution in [3.05, 3.63) is 23.4 Å². The van der Waals surface area contributed by atoms with Crippen molar-refractivity contribution in [2.24, 2.45) is 5.41 Å². The number of amides is 1. The molecule has 1 fully saturated rings. The molecule has 20 heavy (non-hydrogen) atoms. The Morgan fingerprint density at radius 2 is 2.20 bits per heavy atom. The molecule has 108 valence electrons. The smallest absolute Gasteiger partial charge is 0.263 e. The van der Waals surface area contributed by atoms with E-state index in [1.165, 1.54) is 18.9 Å². The van der Waals surface area contributed by atoms with Crippen LogP contribution >= 0.6 is 0 Å². The highest BCUT2D eigenvalue weighted by atomic mass is 19.3. The van der Waals surface area contributed by atoms with Gasteiger partial charge in [0, 0.05) is 24.7 Å². The van der Waals surface area contributed by atoms with Crippen LogP contribution in [0, 0.1) is 5.41 Å². The number of ether oxygens (including phenoxy) is 1. The number of fused-ring (bicyclic) bond motifs is 1. The summed E-state index contributed by atoms with van der Waals surface area (Å²) in [5.41, 5.74) is 0.357. The Kier molecular flexibility index (Phi) is 2.74. The number of pyridine rings is 1. The molecule has 1 aliphatic carbocycles. The first-order chi connectivity index (χ1) is 9.39. The molecule has 1 unspecified atom stereocenters. The van der Waals surface area contributed by atoms with E-state index in [1.54, 1.807) is 6.20 Å². The van der Waals surface area contributed by atoms with Crippen molar-refractivity contribution in [2.45, 2.75) is 32.2 Å². The molecule has 0 spiro atoms. The van der Waals surface area contributed by atoms with Gasteiger partial charge in [-0.05, 0) is 25.0 Å². The van der Waals surface area contributed by atoms with E-state index in [2.05, 4.69) is 4.98 Å². The summed E-state index contributed by atoms with van der Waals surface area (Å²) in [7, 11) is 1.51. The molecule has 1 aliphatic heterocycles. The molecule has 1 aromatic rings. The van der Waals surface area contributed by atoms with Gasteiger partial charge in [-0.15, -0.1) is 0 Å². The van der Waals surface area contributed by atoms with Gasteiger partial charge in [0.1, 0.15) is 5.41 Å². The van der Waals surface area contributed by atoms with Gasteiger partial charge in [-0.2, -0.15) is 0 Å². The largest absolute Gasteiger partial charge is 0.481 e. The Hall–Kier alpha value is -1.72. The van der Waals surface area contributed by atoms with Crippen molar-refractivity contribution in [3.8, 4) is 5.88 Å². The highest BCUT2D eigenvalue weighted by Gasteiger charge is 2.73. The summed E-state index contributed by atoms with van der Waals surface area (Å²) in [5.74, 6) is -2.88. The topological polar surface area (TPSA) is 42.4 Å². The highest BCUT2D eigenvalue weighted by molar-refractivity contribution is 5.87. The summed E-state index contributed by atoms with van der Waals surface area (Å²) in [5, 5.41) is 0. The maximum atomic E-state index is 13.3. The van der Waals surface area contributed by atoms with Crippen LogP contribution in [-0.2, 0) is 17.8 Å². The van der Waals surface area contributed by atoms with E-state index < -0.39 is 17.2 Å². The quantitative estimate of drug-likeness (QED) is 0.833. The van der Waals surface area contributed by atoms with Crippen LogP contribution in [0.1, 0.15) is 24.5 Å². The predicted octanol–water partition coefficient (Wildman–Crippen LogP) is 2.02. The van der Waals surface area contributed by atoms with Gasteiger partial charge in [0.15, 0.2) is 0 Å². The van der Waals surface area contributed by atoms with Gasteiger partial charge in [0.25, 0.3) is 5.92 Å². The summed E-state index contributed by atoms with van der Waals surface area (Å²) in [6.45, 7) is 2.09. The maximum absolute atomic E-state index is 13.3. The van der Waals surface area contributed by atoms with E-state index in [0.29, 0.717) is 18.8 Å². The Balaban J connectivity index is 1.84. The monoisotopic (exact) mass is 282 g/mol. The molecule has 0 N–H and O–H groups in total. The molecule has 1 amide bonds. The minimum absolute atomic E-state index is 0.289. The van der Waals surface area contributed by atoms with E-state index >= 15 is 0 Å². The molecule has 3 rings (SSSR count). The van der Waals surface area contributed by atoms with Gasteiger partial charge in [-0.3, -0.25) is 4.79 Å². The number of carbonyl (C=O) groups excluding carboxylic acids is 1. The third-order valence-electron chi connectivity index (χ3n) is 4.32. The summed E-state index contributed by atoms with van der Waals surface area (Å²) in [6, 6.07) is 1.88. The minimum Gasteiger partial charge on any atom is -0.481 e. The van der Waals surface area contributed by atoms with E-state index in [-0.39, 0.29) is 13.0 Å². The second kappa shape index (κ2) is 4.14. The number of aromatic nitrogens is 1. The first kappa shape index (κ1) is 13.3. The molecular formula is C14H16F2N2O2. The van der Waals surface area contributed by atoms with Gasteiger partial charge in [-0.1, -0.05) is 0 Å². The minimum atomic E-state index is -2.87. The van der Waals surface area contributed by atoms with Crippen molar-refractivity contribution >= 4 is 5.91 Å². The average Bonchev–Trinajstić information content (AvgIpc) is 2.96. The number of rotatable bonds is 2. The van der Waals surface area contributed by atoms with Gasteiger partial charge in [0.2, 0.25) is 11.8 Å². The molecular weight excluding hydrogens is 266 g/mol. The van der Waals surface area contributed by atoms with Gasteiger partial charge in [-0.25, -0.2) is 13.8 Å². The third-order valence-corrected chi connectivity index (χ3v) is 4.32. The Labute approximate surface area is 115 Å². The van der Waals surface area contributed by atoms with Crippen molar-refractivity contribution in [1.29, 1.82) is 0 Å². The third kappa shape index (κ3) is 1.77. The van der Waals surface area contributed by atoms with E-state index in [9.17, 15) is 13.6 Å². The molecule has 0 saturated heterocycles. The molecule has 0 bridgehead atoms. The van der Waals surface area contributed by atoms with E-state index in [0.717, 1.165) is 11.1 Å². The second-order valence-electron chi connectivity index (χ2n) is 5.65. The lowest BCUT2D eigenvalue weighted by Crippen LogP contribution is -2.41. The number of hydrogen-bond donors (Lipinski definition) is 0. The molecule has 2 aliphatic rings. The van der Waals surface area contributed by atoms with Crippen LogP contribution in [0.4, 0.5) is 8.78 Å². The molecule has 6 heteroatoms. The van der Waals surface area contributed by atoms with Crippen molar-refractivity contribution in [1.82, 2.24) is 9.88 Å². The zero-order chi connectivity index (χ0) is 14.5. The molecule has 0 radical (unpaired) electrons. The lowest BCUT2D eigenvalue weighted by atomic mass is 9.99. The second-order valence-corrected chi connectivity index (χ2v) is 5.65. The summed E-state index contributed by atoms with van der Waals surface area (Å²) in [4.78, 5) is 17.9. The molecule has 1 aromatic heterocycles.